The molecule has 0 aromatic heterocycles. The van der Waals surface area contributed by atoms with Gasteiger partial charge in [0, 0.05) is 0 Å². The fourth-order valence-corrected chi connectivity index (χ4v) is 2.51. The smallest absolute Gasteiger partial charge is 0.324 e. The van der Waals surface area contributed by atoms with E-state index in [9.17, 15) is 0 Å². The average Bonchev–Trinajstić information content (AvgIpc) is 2.92. The van der Waals surface area contributed by atoms with E-state index in [0.29, 0.717) is 0 Å². The summed E-state index contributed by atoms with van der Waals surface area (Å²) in [5, 5.41) is 0. The van der Waals surface area contributed by atoms with Gasteiger partial charge in [0.15, 0.2) is 0 Å². The first-order valence-electron chi connectivity index (χ1n) is 6.71. The molecule has 96 valence electrons. The van der Waals surface area contributed by atoms with Crippen LogP contribution < -0.4 is 18.9 Å². The molecule has 0 aromatic carbocycles. The zero-order valence-corrected chi connectivity index (χ0v) is 13.3. The molecule has 2 rings (SSSR count). The van der Waals surface area contributed by atoms with Gasteiger partial charge in [-0.1, -0.05) is 51.9 Å². The third-order valence-corrected chi connectivity index (χ3v) is 3.90. The molecule has 2 atom stereocenters. The molecule has 0 amide bonds. The molecule has 0 radical (unpaired) electrons. The summed E-state index contributed by atoms with van der Waals surface area (Å²) in [6.45, 7) is 2.31. The molecule has 0 saturated heterocycles. The summed E-state index contributed by atoms with van der Waals surface area (Å²) in [6.07, 6.45) is 14.1. The summed E-state index contributed by atoms with van der Waals surface area (Å²) < 4.78 is 0. The van der Waals surface area contributed by atoms with Gasteiger partial charge in [-0.25, -0.2) is 0 Å². The van der Waals surface area contributed by atoms with Crippen LogP contribution in [-0.2, 0) is 17.1 Å². The molecule has 1 nitrogen and oxygen atoms in total. The predicted molar refractivity (Wildman–Crippen MR) is 67.9 cm³/mol. The van der Waals surface area contributed by atoms with Crippen LogP contribution in [0.25, 0.3) is 0 Å². The number of nitrogens with zero attached hydrogens (tertiary/aromatic N) is 1. The van der Waals surface area contributed by atoms with Crippen LogP contribution >= 0.6 is 0 Å². The molecule has 0 spiro atoms. The summed E-state index contributed by atoms with van der Waals surface area (Å²) in [5.41, 5.74) is 0. The minimum absolute atomic E-state index is 0. The minimum atomic E-state index is 0. The van der Waals surface area contributed by atoms with Crippen molar-refractivity contribution in [3.8, 4) is 0 Å². The van der Waals surface area contributed by atoms with Crippen molar-refractivity contribution in [3.63, 3.8) is 0 Å². The second kappa shape index (κ2) is 12.1. The molecule has 0 aliphatic heterocycles. The fourth-order valence-electron chi connectivity index (χ4n) is 2.51. The molecule has 2 saturated carbocycles. The first-order valence-corrected chi connectivity index (χ1v) is 6.71. The molecule has 3 heteroatoms. The summed E-state index contributed by atoms with van der Waals surface area (Å²) in [7, 11) is 4.33. The van der Waals surface area contributed by atoms with E-state index in [1.807, 2.05) is 0 Å². The second-order valence-electron chi connectivity index (χ2n) is 5.30. The van der Waals surface area contributed by atoms with Crippen LogP contribution in [0.1, 0.15) is 58.3 Å². The molecule has 2 aliphatic carbocycles. The van der Waals surface area contributed by atoms with Crippen LogP contribution in [0.2, 0.25) is 0 Å². The summed E-state index contributed by atoms with van der Waals surface area (Å²) in [6, 6.07) is 0.738. The monoisotopic (exact) mass is 273 g/mol. The van der Waals surface area contributed by atoms with E-state index in [4.69, 9.17) is 0 Å². The van der Waals surface area contributed by atoms with Gasteiger partial charge in [-0.05, 0) is 20.1 Å². The Morgan fingerprint density at radius 3 is 1.76 bits per heavy atom. The number of hydrogen-bond acceptors (Lipinski definition) is 1. The third-order valence-electron chi connectivity index (χ3n) is 3.90. The van der Waals surface area contributed by atoms with Crippen molar-refractivity contribution in [1.29, 1.82) is 0 Å². The standard InChI is InChI=1S/C9H18N.C5H10.Fe.Li/c1-8(10(2)3)9-6-4-5-7-9;1-2-4-5-3-1;;/h6,8-9H,4-5,7H2,1-3H3;1-5H2;;/q-1;;+2;+1/t8-,9?;;;/m0.../s1. The number of hydrogen-bond donors (Lipinski definition) is 0. The first-order chi connectivity index (χ1) is 7.22. The summed E-state index contributed by atoms with van der Waals surface area (Å²) in [5.74, 6) is 0.856. The Morgan fingerprint density at radius 1 is 1.00 bits per heavy atom. The van der Waals surface area contributed by atoms with Crippen LogP contribution in [0.15, 0.2) is 0 Å². The Kier molecular flexibility index (Phi) is 14.6. The molecule has 0 N–H and O–H groups in total. The summed E-state index contributed by atoms with van der Waals surface area (Å²) >= 11 is 0. The van der Waals surface area contributed by atoms with Gasteiger partial charge >= 0.3 is 35.9 Å². The predicted octanol–water partition coefficient (Wildman–Crippen LogP) is 0.893. The van der Waals surface area contributed by atoms with Crippen molar-refractivity contribution >= 4 is 0 Å². The fraction of sp³-hybridized carbons (Fsp3) is 0.929. The van der Waals surface area contributed by atoms with Gasteiger partial charge in [-0.15, -0.1) is 0 Å². The Balaban J connectivity index is 0. The van der Waals surface area contributed by atoms with Gasteiger partial charge in [-0.3, -0.25) is 0 Å². The van der Waals surface area contributed by atoms with Crippen LogP contribution in [0.3, 0.4) is 0 Å². The minimum Gasteiger partial charge on any atom is -0.324 e. The van der Waals surface area contributed by atoms with Crippen molar-refractivity contribution in [2.24, 2.45) is 5.92 Å². The molecule has 0 bridgehead atoms. The summed E-state index contributed by atoms with van der Waals surface area (Å²) in [4.78, 5) is 2.31. The maximum atomic E-state index is 2.48. The van der Waals surface area contributed by atoms with E-state index in [0.717, 1.165) is 12.0 Å². The largest absolute Gasteiger partial charge is 2.00 e. The normalized spacial score (nSPS) is 24.4. The van der Waals surface area contributed by atoms with E-state index >= 15 is 0 Å². The number of rotatable bonds is 2. The quantitative estimate of drug-likeness (QED) is 0.533. The molecule has 2 aliphatic rings. The Hall–Kier alpha value is 1.08. The molecule has 0 heterocycles. The van der Waals surface area contributed by atoms with Crippen molar-refractivity contribution in [1.82, 2.24) is 4.90 Å². The molecule has 0 aromatic rings. The Labute approximate surface area is 131 Å². The van der Waals surface area contributed by atoms with Gasteiger partial charge in [0.05, 0.1) is 0 Å². The zero-order chi connectivity index (χ0) is 11.1. The van der Waals surface area contributed by atoms with Crippen LogP contribution in [0, 0.1) is 12.3 Å². The van der Waals surface area contributed by atoms with Gasteiger partial charge in [-0.2, -0.15) is 12.3 Å². The molecular weight excluding hydrogens is 245 g/mol. The van der Waals surface area contributed by atoms with Crippen LogP contribution in [0.4, 0.5) is 0 Å². The van der Waals surface area contributed by atoms with E-state index in [1.165, 1.54) is 51.4 Å². The van der Waals surface area contributed by atoms with Gasteiger partial charge in [0.1, 0.15) is 0 Å². The van der Waals surface area contributed by atoms with Gasteiger partial charge < -0.3 is 11.3 Å². The van der Waals surface area contributed by atoms with Crippen LogP contribution in [0.5, 0.6) is 0 Å². The zero-order valence-electron chi connectivity index (χ0n) is 12.2. The topological polar surface area (TPSA) is 3.24 Å². The van der Waals surface area contributed by atoms with Crippen LogP contribution in [-0.4, -0.2) is 25.0 Å². The van der Waals surface area contributed by atoms with E-state index in [1.54, 1.807) is 0 Å². The van der Waals surface area contributed by atoms with Gasteiger partial charge in [0.25, 0.3) is 0 Å². The maximum Gasteiger partial charge on any atom is 2.00 e. The Morgan fingerprint density at radius 2 is 1.47 bits per heavy atom. The Bertz CT molecular complexity index is 147. The van der Waals surface area contributed by atoms with Crippen molar-refractivity contribution in [2.75, 3.05) is 14.1 Å². The van der Waals surface area contributed by atoms with Crippen molar-refractivity contribution < 1.29 is 35.9 Å². The molecular formula is C14H28FeLiN+2. The van der Waals surface area contributed by atoms with Crippen molar-refractivity contribution in [2.45, 2.75) is 64.3 Å². The molecule has 1 unspecified atom stereocenters. The van der Waals surface area contributed by atoms with Gasteiger partial charge in [0.2, 0.25) is 0 Å². The molecule has 17 heavy (non-hydrogen) atoms. The third kappa shape index (κ3) is 8.74. The van der Waals surface area contributed by atoms with E-state index in [2.05, 4.69) is 32.3 Å². The second-order valence-corrected chi connectivity index (χ2v) is 5.30. The first kappa shape index (κ1) is 20.4. The molecule has 2 fully saturated rings. The van der Waals surface area contributed by atoms with E-state index in [-0.39, 0.29) is 35.9 Å². The SMILES string of the molecule is C1CCCC1.C[C@@H](C1[CH-]CCC1)N(C)C.[Fe+2].[Li+]. The average molecular weight is 273 g/mol. The van der Waals surface area contributed by atoms with E-state index < -0.39 is 0 Å². The maximum absolute atomic E-state index is 2.48. The van der Waals surface area contributed by atoms with Crippen molar-refractivity contribution in [3.05, 3.63) is 6.42 Å².